The molecule has 2 nitrogen and oxygen atoms in total. The molecule has 0 aromatic heterocycles. The number of hydrogen-bond acceptors (Lipinski definition) is 2. The van der Waals surface area contributed by atoms with Crippen molar-refractivity contribution in [3.63, 3.8) is 0 Å². The molecule has 2 heteroatoms. The SMILES string of the molecule is CCCCOC(=O)C=C[C@H]1CC[C@H]([C@H]2CC[C@H](CCCC)CC2)CC1. The maximum atomic E-state index is 11.7. The van der Waals surface area contributed by atoms with E-state index in [2.05, 4.69) is 19.9 Å². The van der Waals surface area contributed by atoms with E-state index in [9.17, 15) is 4.79 Å². The Labute approximate surface area is 155 Å². The molecule has 0 aliphatic heterocycles. The minimum absolute atomic E-state index is 0.152. The van der Waals surface area contributed by atoms with Crippen molar-refractivity contribution in [1.29, 1.82) is 0 Å². The number of esters is 1. The lowest BCUT2D eigenvalue weighted by Crippen LogP contribution is -2.25. The van der Waals surface area contributed by atoms with Gasteiger partial charge >= 0.3 is 5.97 Å². The zero-order valence-corrected chi connectivity index (χ0v) is 16.7. The topological polar surface area (TPSA) is 26.3 Å². The predicted molar refractivity (Wildman–Crippen MR) is 105 cm³/mol. The molecule has 144 valence electrons. The van der Waals surface area contributed by atoms with Gasteiger partial charge in [-0.1, -0.05) is 58.4 Å². The first-order valence-corrected chi connectivity index (χ1v) is 11.1. The summed E-state index contributed by atoms with van der Waals surface area (Å²) in [6.07, 6.45) is 21.2. The molecule has 25 heavy (non-hydrogen) atoms. The van der Waals surface area contributed by atoms with Crippen molar-refractivity contribution in [2.24, 2.45) is 23.7 Å². The van der Waals surface area contributed by atoms with Crippen LogP contribution in [0.15, 0.2) is 12.2 Å². The standard InChI is InChI=1S/C23H40O2/c1-3-5-7-19-8-13-21(14-9-19)22-15-10-20(11-16-22)12-17-23(24)25-18-6-4-2/h12,17,19-22H,3-11,13-16,18H2,1-2H3/t19-,20-,21-,22-. The fourth-order valence-corrected chi connectivity index (χ4v) is 4.83. The summed E-state index contributed by atoms with van der Waals surface area (Å²) >= 11 is 0. The quantitative estimate of drug-likeness (QED) is 0.263. The van der Waals surface area contributed by atoms with Gasteiger partial charge in [-0.05, 0) is 68.6 Å². The van der Waals surface area contributed by atoms with Crippen LogP contribution >= 0.6 is 0 Å². The van der Waals surface area contributed by atoms with Gasteiger partial charge in [0, 0.05) is 6.08 Å². The van der Waals surface area contributed by atoms with E-state index in [1.165, 1.54) is 70.6 Å². The fourth-order valence-electron chi connectivity index (χ4n) is 4.83. The van der Waals surface area contributed by atoms with Crippen LogP contribution in [0.25, 0.3) is 0 Å². The second-order valence-corrected chi connectivity index (χ2v) is 8.48. The molecule has 0 aromatic carbocycles. The maximum absolute atomic E-state index is 11.7. The highest BCUT2D eigenvalue weighted by Gasteiger charge is 2.30. The van der Waals surface area contributed by atoms with Crippen LogP contribution in [0.5, 0.6) is 0 Å². The number of allylic oxidation sites excluding steroid dienone is 1. The van der Waals surface area contributed by atoms with Crippen molar-refractivity contribution in [2.45, 2.75) is 97.3 Å². The zero-order chi connectivity index (χ0) is 17.9. The summed E-state index contributed by atoms with van der Waals surface area (Å²) in [5, 5.41) is 0. The molecular formula is C23H40O2. The van der Waals surface area contributed by atoms with Gasteiger partial charge in [0.05, 0.1) is 6.61 Å². The molecule has 2 saturated carbocycles. The van der Waals surface area contributed by atoms with Crippen molar-refractivity contribution in [1.82, 2.24) is 0 Å². The molecule has 0 heterocycles. The molecule has 2 aliphatic rings. The molecule has 2 fully saturated rings. The molecule has 0 bridgehead atoms. The van der Waals surface area contributed by atoms with Gasteiger partial charge < -0.3 is 4.74 Å². The van der Waals surface area contributed by atoms with Gasteiger partial charge in [0.2, 0.25) is 0 Å². The second-order valence-electron chi connectivity index (χ2n) is 8.48. The summed E-state index contributed by atoms with van der Waals surface area (Å²) in [6.45, 7) is 4.98. The van der Waals surface area contributed by atoms with E-state index in [0.29, 0.717) is 12.5 Å². The average Bonchev–Trinajstić information content (AvgIpc) is 2.66. The third kappa shape index (κ3) is 7.54. The van der Waals surface area contributed by atoms with E-state index < -0.39 is 0 Å². The number of unbranched alkanes of at least 4 members (excludes halogenated alkanes) is 2. The van der Waals surface area contributed by atoms with E-state index >= 15 is 0 Å². The summed E-state index contributed by atoms with van der Waals surface area (Å²) in [5.74, 6) is 3.40. The number of ether oxygens (including phenoxy) is 1. The Morgan fingerprint density at radius 2 is 1.48 bits per heavy atom. The normalized spacial score (nSPS) is 30.5. The van der Waals surface area contributed by atoms with Crippen LogP contribution in [0, 0.1) is 23.7 Å². The molecule has 0 amide bonds. The van der Waals surface area contributed by atoms with E-state index in [4.69, 9.17) is 4.74 Å². The van der Waals surface area contributed by atoms with E-state index in [1.807, 2.05) is 0 Å². The smallest absolute Gasteiger partial charge is 0.330 e. The average molecular weight is 349 g/mol. The number of rotatable bonds is 9. The highest BCUT2D eigenvalue weighted by Crippen LogP contribution is 2.42. The first-order chi connectivity index (χ1) is 12.2. The minimum atomic E-state index is -0.152. The second kappa shape index (κ2) is 11.8. The first-order valence-electron chi connectivity index (χ1n) is 11.1. The van der Waals surface area contributed by atoms with Crippen molar-refractivity contribution >= 4 is 5.97 Å². The number of hydrogen-bond donors (Lipinski definition) is 0. The highest BCUT2D eigenvalue weighted by atomic mass is 16.5. The van der Waals surface area contributed by atoms with Crippen LogP contribution in [-0.2, 0) is 9.53 Å². The molecule has 0 aromatic rings. The van der Waals surface area contributed by atoms with Crippen LogP contribution < -0.4 is 0 Å². The Hall–Kier alpha value is -0.790. The van der Waals surface area contributed by atoms with Crippen LogP contribution in [0.4, 0.5) is 0 Å². The molecule has 2 aliphatic carbocycles. The molecule has 0 N–H and O–H groups in total. The third-order valence-electron chi connectivity index (χ3n) is 6.59. The van der Waals surface area contributed by atoms with Gasteiger partial charge in [0.1, 0.15) is 0 Å². The Bertz CT molecular complexity index is 385. The summed E-state index contributed by atoms with van der Waals surface area (Å²) in [5.41, 5.74) is 0. The Balaban J connectivity index is 1.62. The van der Waals surface area contributed by atoms with E-state index in [0.717, 1.165) is 30.6 Å². The third-order valence-corrected chi connectivity index (χ3v) is 6.59. The zero-order valence-electron chi connectivity index (χ0n) is 16.7. The minimum Gasteiger partial charge on any atom is -0.463 e. The Kier molecular flexibility index (Phi) is 9.65. The molecule has 0 atom stereocenters. The van der Waals surface area contributed by atoms with Crippen LogP contribution in [-0.4, -0.2) is 12.6 Å². The monoisotopic (exact) mass is 348 g/mol. The molecule has 0 spiro atoms. The van der Waals surface area contributed by atoms with Crippen LogP contribution in [0.1, 0.15) is 97.3 Å². The van der Waals surface area contributed by atoms with Gasteiger partial charge in [-0.3, -0.25) is 0 Å². The van der Waals surface area contributed by atoms with Gasteiger partial charge in [-0.15, -0.1) is 0 Å². The lowest BCUT2D eigenvalue weighted by molar-refractivity contribution is -0.137. The van der Waals surface area contributed by atoms with Crippen molar-refractivity contribution in [3.05, 3.63) is 12.2 Å². The summed E-state index contributed by atoms with van der Waals surface area (Å²) < 4.78 is 5.20. The molecule has 2 rings (SSSR count). The Morgan fingerprint density at radius 3 is 2.08 bits per heavy atom. The van der Waals surface area contributed by atoms with Crippen molar-refractivity contribution in [3.8, 4) is 0 Å². The molecule has 0 saturated heterocycles. The van der Waals surface area contributed by atoms with E-state index in [1.54, 1.807) is 6.08 Å². The van der Waals surface area contributed by atoms with Crippen LogP contribution in [0.3, 0.4) is 0 Å². The molecule has 0 unspecified atom stereocenters. The van der Waals surface area contributed by atoms with Gasteiger partial charge in [-0.25, -0.2) is 4.79 Å². The maximum Gasteiger partial charge on any atom is 0.330 e. The first kappa shape index (κ1) is 20.5. The Morgan fingerprint density at radius 1 is 0.880 bits per heavy atom. The largest absolute Gasteiger partial charge is 0.463 e. The van der Waals surface area contributed by atoms with Gasteiger partial charge in [-0.2, -0.15) is 0 Å². The summed E-state index contributed by atoms with van der Waals surface area (Å²) in [4.78, 5) is 11.7. The summed E-state index contributed by atoms with van der Waals surface area (Å²) in [6, 6.07) is 0. The predicted octanol–water partition coefficient (Wildman–Crippen LogP) is 6.69. The number of carbonyl (C=O) groups excluding carboxylic acids is 1. The van der Waals surface area contributed by atoms with Crippen LogP contribution in [0.2, 0.25) is 0 Å². The van der Waals surface area contributed by atoms with E-state index in [-0.39, 0.29) is 5.97 Å². The molecular weight excluding hydrogens is 308 g/mol. The lowest BCUT2D eigenvalue weighted by atomic mass is 9.68. The molecule has 0 radical (unpaired) electrons. The lowest BCUT2D eigenvalue weighted by Gasteiger charge is -2.37. The van der Waals surface area contributed by atoms with Crippen molar-refractivity contribution < 1.29 is 9.53 Å². The number of carbonyl (C=O) groups is 1. The van der Waals surface area contributed by atoms with Crippen molar-refractivity contribution in [2.75, 3.05) is 6.61 Å². The summed E-state index contributed by atoms with van der Waals surface area (Å²) in [7, 11) is 0. The highest BCUT2D eigenvalue weighted by molar-refractivity contribution is 5.81. The van der Waals surface area contributed by atoms with Gasteiger partial charge in [0.15, 0.2) is 0 Å². The van der Waals surface area contributed by atoms with Gasteiger partial charge in [0.25, 0.3) is 0 Å². The fraction of sp³-hybridized carbons (Fsp3) is 0.870.